The third-order valence-electron chi connectivity index (χ3n) is 3.41. The fraction of sp³-hybridized carbons (Fsp3) is 0.778. The fourth-order valence-electron chi connectivity index (χ4n) is 2.17. The summed E-state index contributed by atoms with van der Waals surface area (Å²) in [5, 5.41) is 0. The lowest BCUT2D eigenvalue weighted by Crippen LogP contribution is -1.80. The Morgan fingerprint density at radius 1 is 0.444 bits per heavy atom. The zero-order valence-electron chi connectivity index (χ0n) is 12.5. The van der Waals surface area contributed by atoms with Gasteiger partial charge in [-0.15, -0.1) is 0 Å². The molecule has 0 amide bonds. The summed E-state index contributed by atoms with van der Waals surface area (Å²) >= 11 is 0. The van der Waals surface area contributed by atoms with Crippen LogP contribution in [0.2, 0.25) is 0 Å². The highest BCUT2D eigenvalue weighted by Gasteiger charge is 1.91. The standard InChI is InChI=1S/C18H34/c1-3-5-7-9-11-13-15-17-18-16-14-12-10-8-6-4-2/h11,13H,1-10,12,14-18H2/b13-11+. The Kier molecular flexibility index (Phi) is 16.5. The van der Waals surface area contributed by atoms with Gasteiger partial charge in [-0.3, -0.25) is 0 Å². The maximum atomic E-state index is 3.88. The van der Waals surface area contributed by atoms with Crippen molar-refractivity contribution in [2.24, 2.45) is 0 Å². The molecule has 0 aliphatic rings. The zero-order valence-corrected chi connectivity index (χ0v) is 12.5. The second kappa shape index (κ2) is 16.7. The Morgan fingerprint density at radius 2 is 0.778 bits per heavy atom. The average molecular weight is 250 g/mol. The van der Waals surface area contributed by atoms with Crippen LogP contribution in [0, 0.1) is 13.8 Å². The highest BCUT2D eigenvalue weighted by molar-refractivity contribution is 4.81. The summed E-state index contributed by atoms with van der Waals surface area (Å²) in [5.74, 6) is 0. The van der Waals surface area contributed by atoms with Gasteiger partial charge in [0.2, 0.25) is 0 Å². The molecule has 0 fully saturated rings. The van der Waals surface area contributed by atoms with Crippen molar-refractivity contribution in [2.45, 2.75) is 89.9 Å². The second-order valence-electron chi connectivity index (χ2n) is 5.29. The van der Waals surface area contributed by atoms with E-state index in [1.54, 1.807) is 0 Å². The molecule has 0 heterocycles. The molecule has 0 heteroatoms. The number of hydrogen-bond acceptors (Lipinski definition) is 0. The minimum Gasteiger partial charge on any atom is -0.0885 e. The minimum absolute atomic E-state index is 1.09. The smallest absolute Gasteiger partial charge is 0.0351 e. The van der Waals surface area contributed by atoms with Gasteiger partial charge in [-0.25, -0.2) is 0 Å². The lowest BCUT2D eigenvalue weighted by atomic mass is 10.1. The number of unbranched alkanes of at least 4 members (excludes halogenated alkanes) is 12. The van der Waals surface area contributed by atoms with E-state index in [2.05, 4.69) is 26.0 Å². The van der Waals surface area contributed by atoms with Gasteiger partial charge in [0.1, 0.15) is 0 Å². The van der Waals surface area contributed by atoms with Gasteiger partial charge in [0.05, 0.1) is 0 Å². The predicted octanol–water partition coefficient (Wildman–Crippen LogP) is 6.67. The molecule has 0 saturated carbocycles. The molecule has 0 unspecified atom stereocenters. The van der Waals surface area contributed by atoms with Gasteiger partial charge in [-0.05, 0) is 25.7 Å². The Balaban J connectivity index is 2.98. The second-order valence-corrected chi connectivity index (χ2v) is 5.29. The molecule has 106 valence electrons. The van der Waals surface area contributed by atoms with Gasteiger partial charge >= 0.3 is 0 Å². The van der Waals surface area contributed by atoms with Crippen molar-refractivity contribution in [3.63, 3.8) is 0 Å². The van der Waals surface area contributed by atoms with E-state index in [1.165, 1.54) is 77.0 Å². The number of allylic oxidation sites excluding steroid dienone is 2. The summed E-state index contributed by atoms with van der Waals surface area (Å²) in [6, 6.07) is 0. The van der Waals surface area contributed by atoms with Crippen LogP contribution in [0.25, 0.3) is 0 Å². The van der Waals surface area contributed by atoms with E-state index in [4.69, 9.17) is 0 Å². The molecule has 0 saturated heterocycles. The molecule has 0 aliphatic carbocycles. The van der Waals surface area contributed by atoms with E-state index < -0.39 is 0 Å². The van der Waals surface area contributed by atoms with Crippen LogP contribution in [-0.4, -0.2) is 0 Å². The van der Waals surface area contributed by atoms with Crippen LogP contribution in [0.1, 0.15) is 89.9 Å². The molecule has 0 atom stereocenters. The van der Waals surface area contributed by atoms with Gasteiger partial charge in [0, 0.05) is 0 Å². The van der Waals surface area contributed by atoms with Crippen LogP contribution >= 0.6 is 0 Å². The lowest BCUT2D eigenvalue weighted by Gasteiger charge is -2.00. The average Bonchev–Trinajstić information content (AvgIpc) is 2.39. The van der Waals surface area contributed by atoms with E-state index in [-0.39, 0.29) is 0 Å². The van der Waals surface area contributed by atoms with Gasteiger partial charge in [0.15, 0.2) is 0 Å². The first kappa shape index (κ1) is 17.7. The van der Waals surface area contributed by atoms with Crippen molar-refractivity contribution in [3.05, 3.63) is 26.0 Å². The van der Waals surface area contributed by atoms with Crippen LogP contribution in [0.15, 0.2) is 12.2 Å². The zero-order chi connectivity index (χ0) is 13.3. The number of rotatable bonds is 14. The van der Waals surface area contributed by atoms with Crippen molar-refractivity contribution >= 4 is 0 Å². The molecule has 2 radical (unpaired) electrons. The van der Waals surface area contributed by atoms with Gasteiger partial charge in [0.25, 0.3) is 0 Å². The topological polar surface area (TPSA) is 0 Å². The van der Waals surface area contributed by atoms with E-state index in [0.29, 0.717) is 0 Å². The highest BCUT2D eigenvalue weighted by atomic mass is 14.0. The quantitative estimate of drug-likeness (QED) is 0.238. The van der Waals surface area contributed by atoms with E-state index in [0.717, 1.165) is 12.8 Å². The molecule has 0 rings (SSSR count). The van der Waals surface area contributed by atoms with Crippen LogP contribution in [0.4, 0.5) is 0 Å². The van der Waals surface area contributed by atoms with Crippen LogP contribution < -0.4 is 0 Å². The molecule has 0 aromatic carbocycles. The van der Waals surface area contributed by atoms with Crippen LogP contribution in [-0.2, 0) is 0 Å². The normalized spacial score (nSPS) is 11.4. The monoisotopic (exact) mass is 250 g/mol. The molecule has 0 bridgehead atoms. The predicted molar refractivity (Wildman–Crippen MR) is 84.5 cm³/mol. The van der Waals surface area contributed by atoms with Gasteiger partial charge in [-0.2, -0.15) is 0 Å². The lowest BCUT2D eigenvalue weighted by molar-refractivity contribution is 0.570. The summed E-state index contributed by atoms with van der Waals surface area (Å²) < 4.78 is 0. The summed E-state index contributed by atoms with van der Waals surface area (Å²) in [6.45, 7) is 7.73. The minimum atomic E-state index is 1.09. The highest BCUT2D eigenvalue weighted by Crippen LogP contribution is 2.10. The Hall–Kier alpha value is -0.260. The third-order valence-corrected chi connectivity index (χ3v) is 3.41. The first-order chi connectivity index (χ1) is 8.91. The SMILES string of the molecule is [CH2]CCCC/C=C/CCCCCCCCCC[CH2]. The summed E-state index contributed by atoms with van der Waals surface area (Å²) in [4.78, 5) is 0. The molecular weight excluding hydrogens is 216 g/mol. The summed E-state index contributed by atoms with van der Waals surface area (Å²) in [6.07, 6.45) is 23.3. The Bertz CT molecular complexity index is 157. The third kappa shape index (κ3) is 15.7. The first-order valence-corrected chi connectivity index (χ1v) is 8.15. The Morgan fingerprint density at radius 3 is 1.28 bits per heavy atom. The molecule has 0 aliphatic heterocycles. The van der Waals surface area contributed by atoms with Crippen LogP contribution in [0.3, 0.4) is 0 Å². The first-order valence-electron chi connectivity index (χ1n) is 8.15. The molecule has 0 nitrogen and oxygen atoms in total. The van der Waals surface area contributed by atoms with E-state index >= 15 is 0 Å². The van der Waals surface area contributed by atoms with Gasteiger partial charge < -0.3 is 0 Å². The van der Waals surface area contributed by atoms with Crippen molar-refractivity contribution in [2.75, 3.05) is 0 Å². The molecular formula is C18H34. The van der Waals surface area contributed by atoms with E-state index in [9.17, 15) is 0 Å². The van der Waals surface area contributed by atoms with Crippen LogP contribution in [0.5, 0.6) is 0 Å². The molecule has 0 aromatic heterocycles. The number of hydrogen-bond donors (Lipinski definition) is 0. The van der Waals surface area contributed by atoms with Crippen molar-refractivity contribution in [1.82, 2.24) is 0 Å². The maximum Gasteiger partial charge on any atom is -0.0351 e. The molecule has 0 aromatic rings. The molecule has 0 spiro atoms. The maximum absolute atomic E-state index is 3.88. The summed E-state index contributed by atoms with van der Waals surface area (Å²) in [7, 11) is 0. The largest absolute Gasteiger partial charge is 0.0885 e. The Labute approximate surface area is 116 Å². The summed E-state index contributed by atoms with van der Waals surface area (Å²) in [5.41, 5.74) is 0. The van der Waals surface area contributed by atoms with Gasteiger partial charge in [-0.1, -0.05) is 90.2 Å². The molecule has 18 heavy (non-hydrogen) atoms. The van der Waals surface area contributed by atoms with Crippen molar-refractivity contribution in [3.8, 4) is 0 Å². The van der Waals surface area contributed by atoms with E-state index in [1.807, 2.05) is 0 Å². The molecule has 0 N–H and O–H groups in total. The fourth-order valence-corrected chi connectivity index (χ4v) is 2.17. The van der Waals surface area contributed by atoms with Crippen molar-refractivity contribution < 1.29 is 0 Å². The van der Waals surface area contributed by atoms with Crippen molar-refractivity contribution in [1.29, 1.82) is 0 Å².